The van der Waals surface area contributed by atoms with Crippen LogP contribution < -0.4 is 0 Å². The minimum Gasteiger partial charge on any atom is -0.300 e. The summed E-state index contributed by atoms with van der Waals surface area (Å²) < 4.78 is 2.47. The Morgan fingerprint density at radius 3 is 2.62 bits per heavy atom. The molecule has 4 heteroatoms. The van der Waals surface area contributed by atoms with Crippen molar-refractivity contribution in [1.29, 1.82) is 0 Å². The third-order valence-corrected chi connectivity index (χ3v) is 6.66. The Morgan fingerprint density at radius 2 is 1.86 bits per heavy atom. The molecule has 1 aromatic heterocycles. The number of fused-ring (bicyclic) bond motifs is 1. The molecule has 2 aromatic rings. The molecule has 0 atom stereocenters. The zero-order chi connectivity index (χ0) is 14.2. The number of aromatic nitrogens is 1. The molecule has 1 aromatic carbocycles. The van der Waals surface area contributed by atoms with Crippen molar-refractivity contribution in [3.05, 3.63) is 27.7 Å². The van der Waals surface area contributed by atoms with Crippen LogP contribution in [0.15, 0.2) is 22.7 Å². The summed E-state index contributed by atoms with van der Waals surface area (Å²) in [5.41, 5.74) is 1.16. The fourth-order valence-electron chi connectivity index (χ4n) is 3.64. The van der Waals surface area contributed by atoms with Gasteiger partial charge in [0.05, 0.1) is 15.2 Å². The van der Waals surface area contributed by atoms with Crippen molar-refractivity contribution < 1.29 is 0 Å². The first-order valence-corrected chi connectivity index (χ1v) is 9.70. The first kappa shape index (κ1) is 14.2. The average Bonchev–Trinajstić information content (AvgIpc) is 2.65. The molecular weight excluding hydrogens is 344 g/mol. The molecule has 2 heterocycles. The summed E-state index contributed by atoms with van der Waals surface area (Å²) in [6.07, 6.45) is 8.30. The van der Waals surface area contributed by atoms with Crippen molar-refractivity contribution in [2.75, 3.05) is 13.1 Å². The molecule has 112 valence electrons. The average molecular weight is 365 g/mol. The van der Waals surface area contributed by atoms with Crippen LogP contribution in [0.25, 0.3) is 10.2 Å². The van der Waals surface area contributed by atoms with Gasteiger partial charge in [-0.05, 0) is 57.0 Å². The summed E-state index contributed by atoms with van der Waals surface area (Å²) in [6, 6.07) is 7.24. The predicted octanol–water partition coefficient (Wildman–Crippen LogP) is 5.18. The lowest BCUT2D eigenvalue weighted by atomic mass is 9.79. The maximum absolute atomic E-state index is 4.85. The molecular formula is C17H21BrN2S. The minimum atomic E-state index is 0.703. The van der Waals surface area contributed by atoms with Gasteiger partial charge in [0.25, 0.3) is 0 Å². The van der Waals surface area contributed by atoms with E-state index >= 15 is 0 Å². The van der Waals surface area contributed by atoms with Gasteiger partial charge in [0.1, 0.15) is 0 Å². The first-order valence-electron chi connectivity index (χ1n) is 8.09. The van der Waals surface area contributed by atoms with E-state index in [1.165, 1.54) is 61.3 Å². The van der Waals surface area contributed by atoms with Crippen LogP contribution in [0.2, 0.25) is 0 Å². The van der Waals surface area contributed by atoms with Crippen LogP contribution >= 0.6 is 27.3 Å². The molecule has 0 radical (unpaired) electrons. The van der Waals surface area contributed by atoms with Crippen LogP contribution in [0, 0.1) is 0 Å². The molecule has 2 nitrogen and oxygen atoms in total. The van der Waals surface area contributed by atoms with Crippen molar-refractivity contribution in [1.82, 2.24) is 9.88 Å². The predicted molar refractivity (Wildman–Crippen MR) is 93.1 cm³/mol. The van der Waals surface area contributed by atoms with E-state index < -0.39 is 0 Å². The van der Waals surface area contributed by atoms with Crippen molar-refractivity contribution in [3.63, 3.8) is 0 Å². The number of hydrogen-bond acceptors (Lipinski definition) is 3. The van der Waals surface area contributed by atoms with Crippen LogP contribution in [-0.4, -0.2) is 29.0 Å². The Balaban J connectivity index is 1.43. The summed E-state index contributed by atoms with van der Waals surface area (Å²) in [6.45, 7) is 2.65. The van der Waals surface area contributed by atoms with E-state index in [1.807, 2.05) is 11.3 Å². The molecule has 1 saturated heterocycles. The second-order valence-corrected chi connectivity index (χ2v) is 8.41. The topological polar surface area (TPSA) is 16.1 Å². The second-order valence-electron chi connectivity index (χ2n) is 6.44. The van der Waals surface area contributed by atoms with Crippen molar-refractivity contribution in [2.45, 2.75) is 50.5 Å². The molecule has 0 spiro atoms. The molecule has 0 bridgehead atoms. The molecule has 1 aliphatic carbocycles. The maximum Gasteiger partial charge on any atom is 0.0970 e. The highest BCUT2D eigenvalue weighted by Gasteiger charge is 2.36. The van der Waals surface area contributed by atoms with E-state index in [-0.39, 0.29) is 0 Å². The van der Waals surface area contributed by atoms with E-state index in [0.717, 1.165) is 16.0 Å². The summed E-state index contributed by atoms with van der Waals surface area (Å²) in [4.78, 5) is 7.60. The van der Waals surface area contributed by atoms with Crippen molar-refractivity contribution in [2.24, 2.45) is 0 Å². The van der Waals surface area contributed by atoms with E-state index in [9.17, 15) is 0 Å². The minimum absolute atomic E-state index is 0.703. The number of nitrogens with zero attached hydrogens (tertiary/aromatic N) is 2. The fraction of sp³-hybridized carbons (Fsp3) is 0.588. The molecule has 1 aliphatic heterocycles. The number of benzene rings is 1. The number of halogens is 1. The molecule has 0 N–H and O–H groups in total. The molecule has 2 aliphatic rings. The third-order valence-electron chi connectivity index (χ3n) is 4.99. The van der Waals surface area contributed by atoms with Gasteiger partial charge in [0, 0.05) is 16.4 Å². The van der Waals surface area contributed by atoms with Gasteiger partial charge in [-0.15, -0.1) is 11.3 Å². The standard InChI is InChI=1S/C17H21BrN2S/c18-13-5-6-15-16(11-13)21-17(19-15)12-9-14(10-12)20-7-3-1-2-4-8-20/h5-6,11-12,14H,1-4,7-10H2. The van der Waals surface area contributed by atoms with Gasteiger partial charge in [0.2, 0.25) is 0 Å². The summed E-state index contributed by atoms with van der Waals surface area (Å²) in [5.74, 6) is 0.703. The Bertz CT molecular complexity index is 625. The van der Waals surface area contributed by atoms with Gasteiger partial charge in [-0.25, -0.2) is 4.98 Å². The number of rotatable bonds is 2. The Kier molecular flexibility index (Phi) is 4.03. The van der Waals surface area contributed by atoms with Gasteiger partial charge < -0.3 is 4.90 Å². The summed E-state index contributed by atoms with van der Waals surface area (Å²) in [7, 11) is 0. The van der Waals surface area contributed by atoms with Crippen LogP contribution in [0.1, 0.15) is 49.5 Å². The zero-order valence-corrected chi connectivity index (χ0v) is 14.6. The molecule has 4 rings (SSSR count). The van der Waals surface area contributed by atoms with Crippen LogP contribution in [0.5, 0.6) is 0 Å². The van der Waals surface area contributed by atoms with E-state index in [0.29, 0.717) is 5.92 Å². The third kappa shape index (κ3) is 2.90. The van der Waals surface area contributed by atoms with Gasteiger partial charge in [0.15, 0.2) is 0 Å². The Labute approximate surface area is 138 Å². The van der Waals surface area contributed by atoms with Gasteiger partial charge in [-0.1, -0.05) is 28.8 Å². The molecule has 0 unspecified atom stereocenters. The van der Waals surface area contributed by atoms with Crippen molar-refractivity contribution in [3.8, 4) is 0 Å². The normalized spacial score (nSPS) is 27.5. The molecule has 0 amide bonds. The van der Waals surface area contributed by atoms with E-state index in [4.69, 9.17) is 4.98 Å². The van der Waals surface area contributed by atoms with Gasteiger partial charge >= 0.3 is 0 Å². The highest BCUT2D eigenvalue weighted by atomic mass is 79.9. The lowest BCUT2D eigenvalue weighted by molar-refractivity contribution is 0.113. The van der Waals surface area contributed by atoms with Crippen LogP contribution in [-0.2, 0) is 0 Å². The molecule has 21 heavy (non-hydrogen) atoms. The van der Waals surface area contributed by atoms with E-state index in [2.05, 4.69) is 39.0 Å². The number of likely N-dealkylation sites (tertiary alicyclic amines) is 1. The van der Waals surface area contributed by atoms with Gasteiger partial charge in [-0.2, -0.15) is 0 Å². The van der Waals surface area contributed by atoms with Crippen molar-refractivity contribution >= 4 is 37.5 Å². The highest BCUT2D eigenvalue weighted by Crippen LogP contribution is 2.43. The number of thiazole rings is 1. The summed E-state index contributed by atoms with van der Waals surface area (Å²) in [5, 5.41) is 1.36. The lowest BCUT2D eigenvalue weighted by Gasteiger charge is -2.42. The first-order chi connectivity index (χ1) is 10.3. The second kappa shape index (κ2) is 5.98. The molecule has 1 saturated carbocycles. The zero-order valence-electron chi connectivity index (χ0n) is 12.2. The smallest absolute Gasteiger partial charge is 0.0970 e. The quantitative estimate of drug-likeness (QED) is 0.729. The van der Waals surface area contributed by atoms with E-state index in [1.54, 1.807) is 0 Å². The van der Waals surface area contributed by atoms with Gasteiger partial charge in [-0.3, -0.25) is 0 Å². The van der Waals surface area contributed by atoms with Crippen LogP contribution in [0.3, 0.4) is 0 Å². The SMILES string of the molecule is Brc1ccc2nc(C3CC(N4CCCCCC4)C3)sc2c1. The highest BCUT2D eigenvalue weighted by molar-refractivity contribution is 9.10. The molecule has 2 fully saturated rings. The lowest BCUT2D eigenvalue weighted by Crippen LogP contribution is -2.44. The summed E-state index contributed by atoms with van der Waals surface area (Å²) >= 11 is 5.44. The maximum atomic E-state index is 4.85. The fourth-order valence-corrected chi connectivity index (χ4v) is 5.28. The Hall–Kier alpha value is -0.450. The Morgan fingerprint density at radius 1 is 1.10 bits per heavy atom. The number of hydrogen-bond donors (Lipinski definition) is 0. The largest absolute Gasteiger partial charge is 0.300 e. The van der Waals surface area contributed by atoms with Crippen LogP contribution in [0.4, 0.5) is 0 Å². The monoisotopic (exact) mass is 364 g/mol.